The summed E-state index contributed by atoms with van der Waals surface area (Å²) >= 11 is 6.29. The first-order valence-corrected chi connectivity index (χ1v) is 8.63. The third-order valence-corrected chi connectivity index (χ3v) is 4.91. The summed E-state index contributed by atoms with van der Waals surface area (Å²) in [7, 11) is 1.88. The third-order valence-electron chi connectivity index (χ3n) is 4.63. The summed E-state index contributed by atoms with van der Waals surface area (Å²) in [6.45, 7) is 3.88. The number of nitrogens with zero attached hydrogens (tertiary/aromatic N) is 2. The van der Waals surface area contributed by atoms with Crippen molar-refractivity contribution < 1.29 is 19.4 Å². The SMILES string of the molecule is CN(CC(=O)O)C1CCN(Cc2cc(Cl)c3c(c2)OCCO3)CC1. The van der Waals surface area contributed by atoms with Crippen molar-refractivity contribution in [2.75, 3.05) is 39.9 Å². The zero-order valence-corrected chi connectivity index (χ0v) is 14.6. The highest BCUT2D eigenvalue weighted by molar-refractivity contribution is 6.32. The average Bonchev–Trinajstić information content (AvgIpc) is 2.55. The van der Waals surface area contributed by atoms with Crippen LogP contribution in [0.15, 0.2) is 12.1 Å². The second-order valence-electron chi connectivity index (χ2n) is 6.42. The molecule has 6 nitrogen and oxygen atoms in total. The smallest absolute Gasteiger partial charge is 0.317 e. The van der Waals surface area contributed by atoms with E-state index in [0.717, 1.165) is 43.8 Å². The summed E-state index contributed by atoms with van der Waals surface area (Å²) in [5, 5.41) is 9.49. The molecule has 0 amide bonds. The maximum absolute atomic E-state index is 10.8. The lowest BCUT2D eigenvalue weighted by atomic mass is 10.0. The van der Waals surface area contributed by atoms with E-state index in [1.54, 1.807) is 0 Å². The number of aliphatic carboxylic acids is 1. The van der Waals surface area contributed by atoms with Crippen molar-refractivity contribution in [3.63, 3.8) is 0 Å². The first-order valence-electron chi connectivity index (χ1n) is 8.25. The maximum Gasteiger partial charge on any atom is 0.317 e. The molecule has 7 heteroatoms. The van der Waals surface area contributed by atoms with Crippen molar-refractivity contribution >= 4 is 17.6 Å². The lowest BCUT2D eigenvalue weighted by Gasteiger charge is -2.36. The lowest BCUT2D eigenvalue weighted by Crippen LogP contribution is -2.44. The van der Waals surface area contributed by atoms with Gasteiger partial charge in [-0.25, -0.2) is 0 Å². The molecule has 0 saturated carbocycles. The minimum absolute atomic E-state index is 0.0996. The Balaban J connectivity index is 1.56. The first kappa shape index (κ1) is 17.3. The maximum atomic E-state index is 10.8. The number of carboxylic acids is 1. The molecule has 1 aromatic carbocycles. The lowest BCUT2D eigenvalue weighted by molar-refractivity contribution is -0.138. The normalized spacial score (nSPS) is 18.8. The summed E-state index contributed by atoms with van der Waals surface area (Å²) in [6.07, 6.45) is 1.95. The van der Waals surface area contributed by atoms with Gasteiger partial charge in [-0.15, -0.1) is 0 Å². The van der Waals surface area contributed by atoms with E-state index in [-0.39, 0.29) is 6.54 Å². The van der Waals surface area contributed by atoms with Gasteiger partial charge in [0.1, 0.15) is 13.2 Å². The Morgan fingerprint density at radius 1 is 1.33 bits per heavy atom. The Morgan fingerprint density at radius 2 is 2.04 bits per heavy atom. The van der Waals surface area contributed by atoms with Crippen molar-refractivity contribution in [2.45, 2.75) is 25.4 Å². The topological polar surface area (TPSA) is 62.2 Å². The van der Waals surface area contributed by atoms with E-state index >= 15 is 0 Å². The van der Waals surface area contributed by atoms with Gasteiger partial charge in [-0.1, -0.05) is 11.6 Å². The number of rotatable bonds is 5. The van der Waals surface area contributed by atoms with E-state index in [1.165, 1.54) is 0 Å². The highest BCUT2D eigenvalue weighted by atomic mass is 35.5. The van der Waals surface area contributed by atoms with Crippen LogP contribution in [-0.2, 0) is 11.3 Å². The molecular formula is C17H23ClN2O4. The molecule has 1 N–H and O–H groups in total. The van der Waals surface area contributed by atoms with Gasteiger partial charge >= 0.3 is 5.97 Å². The van der Waals surface area contributed by atoms with Crippen LogP contribution < -0.4 is 9.47 Å². The van der Waals surface area contributed by atoms with Gasteiger partial charge in [0.25, 0.3) is 0 Å². The quantitative estimate of drug-likeness (QED) is 0.873. The van der Waals surface area contributed by atoms with Gasteiger partial charge in [-0.3, -0.25) is 14.6 Å². The Hall–Kier alpha value is -1.50. The van der Waals surface area contributed by atoms with Crippen LogP contribution >= 0.6 is 11.6 Å². The van der Waals surface area contributed by atoms with Gasteiger partial charge in [-0.2, -0.15) is 0 Å². The number of carboxylic acid groups (broad SMARTS) is 1. The molecule has 0 aromatic heterocycles. The average molecular weight is 355 g/mol. The van der Waals surface area contributed by atoms with E-state index in [9.17, 15) is 4.79 Å². The second-order valence-corrected chi connectivity index (χ2v) is 6.83. The minimum atomic E-state index is -0.772. The van der Waals surface area contributed by atoms with Crippen LogP contribution in [0.5, 0.6) is 11.5 Å². The van der Waals surface area contributed by atoms with Gasteiger partial charge in [0.2, 0.25) is 0 Å². The van der Waals surface area contributed by atoms with Crippen LogP contribution in [0, 0.1) is 0 Å². The van der Waals surface area contributed by atoms with Crippen LogP contribution in [-0.4, -0.2) is 66.8 Å². The largest absolute Gasteiger partial charge is 0.486 e. The Labute approximate surface area is 146 Å². The number of halogens is 1. The molecule has 2 aliphatic heterocycles. The fraction of sp³-hybridized carbons (Fsp3) is 0.588. The number of carbonyl (C=O) groups is 1. The third kappa shape index (κ3) is 4.12. The van der Waals surface area contributed by atoms with E-state index in [2.05, 4.69) is 4.90 Å². The molecule has 132 valence electrons. The van der Waals surface area contributed by atoms with Gasteiger partial charge in [0.15, 0.2) is 11.5 Å². The molecule has 0 spiro atoms. The summed E-state index contributed by atoms with van der Waals surface area (Å²) < 4.78 is 11.2. The summed E-state index contributed by atoms with van der Waals surface area (Å²) in [6, 6.07) is 4.28. The van der Waals surface area contributed by atoms with E-state index in [1.807, 2.05) is 24.1 Å². The molecule has 0 unspecified atom stereocenters. The molecule has 1 saturated heterocycles. The summed E-state index contributed by atoms with van der Waals surface area (Å²) in [4.78, 5) is 15.1. The van der Waals surface area contributed by atoms with Crippen LogP contribution in [0.2, 0.25) is 5.02 Å². The second kappa shape index (κ2) is 7.59. The predicted octanol–water partition coefficient (Wildman–Crippen LogP) is 2.09. The molecule has 2 heterocycles. The molecule has 0 aliphatic carbocycles. The van der Waals surface area contributed by atoms with Crippen molar-refractivity contribution in [3.8, 4) is 11.5 Å². The number of piperidine rings is 1. The molecule has 2 aliphatic rings. The van der Waals surface area contributed by atoms with Gasteiger partial charge in [0, 0.05) is 12.6 Å². The van der Waals surface area contributed by atoms with Crippen LogP contribution in [0.4, 0.5) is 0 Å². The monoisotopic (exact) mass is 354 g/mol. The summed E-state index contributed by atoms with van der Waals surface area (Å²) in [5.74, 6) is 0.589. The van der Waals surface area contributed by atoms with Crippen molar-refractivity contribution in [1.29, 1.82) is 0 Å². The molecule has 1 aromatic rings. The molecule has 24 heavy (non-hydrogen) atoms. The number of benzene rings is 1. The number of fused-ring (bicyclic) bond motifs is 1. The van der Waals surface area contributed by atoms with Crippen LogP contribution in [0.3, 0.4) is 0 Å². The Morgan fingerprint density at radius 3 is 2.75 bits per heavy atom. The fourth-order valence-corrected chi connectivity index (χ4v) is 3.66. The molecule has 1 fully saturated rings. The summed E-state index contributed by atoms with van der Waals surface area (Å²) in [5.41, 5.74) is 1.11. The first-order chi connectivity index (χ1) is 11.5. The standard InChI is InChI=1S/C17H23ClN2O4/c1-19(11-16(21)22)13-2-4-20(5-3-13)10-12-8-14(18)17-15(9-12)23-6-7-24-17/h8-9,13H,2-7,10-11H2,1H3,(H,21,22). The molecule has 0 atom stereocenters. The zero-order valence-electron chi connectivity index (χ0n) is 13.8. The minimum Gasteiger partial charge on any atom is -0.486 e. The van der Waals surface area contributed by atoms with E-state index in [4.69, 9.17) is 26.2 Å². The Bertz CT molecular complexity index is 602. The number of ether oxygens (including phenoxy) is 2. The van der Waals surface area contributed by atoms with Crippen molar-refractivity contribution in [2.24, 2.45) is 0 Å². The number of hydrogen-bond acceptors (Lipinski definition) is 5. The van der Waals surface area contributed by atoms with Crippen LogP contribution in [0.25, 0.3) is 0 Å². The van der Waals surface area contributed by atoms with Crippen molar-refractivity contribution in [3.05, 3.63) is 22.7 Å². The van der Waals surface area contributed by atoms with Crippen molar-refractivity contribution in [1.82, 2.24) is 9.80 Å². The fourth-order valence-electron chi connectivity index (χ4n) is 3.37. The van der Waals surface area contributed by atoms with E-state index in [0.29, 0.717) is 30.0 Å². The molecular weight excluding hydrogens is 332 g/mol. The molecule has 0 radical (unpaired) electrons. The molecule has 3 rings (SSSR count). The van der Waals surface area contributed by atoms with Gasteiger partial charge < -0.3 is 14.6 Å². The zero-order chi connectivity index (χ0) is 17.1. The molecule has 0 bridgehead atoms. The highest BCUT2D eigenvalue weighted by Crippen LogP contribution is 2.38. The predicted molar refractivity (Wildman–Crippen MR) is 91.0 cm³/mol. The Kier molecular flexibility index (Phi) is 5.48. The number of likely N-dealkylation sites (N-methyl/N-ethyl adjacent to an activating group) is 1. The number of likely N-dealkylation sites (tertiary alicyclic amines) is 1. The van der Waals surface area contributed by atoms with E-state index < -0.39 is 5.97 Å². The van der Waals surface area contributed by atoms with Gasteiger partial charge in [-0.05, 0) is 50.7 Å². The van der Waals surface area contributed by atoms with Gasteiger partial charge in [0.05, 0.1) is 11.6 Å². The number of hydrogen-bond donors (Lipinski definition) is 1. The highest BCUT2D eigenvalue weighted by Gasteiger charge is 2.24. The van der Waals surface area contributed by atoms with Crippen LogP contribution in [0.1, 0.15) is 18.4 Å².